The third-order valence-corrected chi connectivity index (χ3v) is 10.5. The van der Waals surface area contributed by atoms with E-state index in [9.17, 15) is 21.6 Å². The number of pyridine rings is 1. The van der Waals surface area contributed by atoms with Crippen LogP contribution in [0.3, 0.4) is 0 Å². The average molecular weight is 588 g/mol. The van der Waals surface area contributed by atoms with E-state index in [1.807, 2.05) is 6.07 Å². The average Bonchev–Trinajstić information content (AvgIpc) is 3.45. The fourth-order valence-electron chi connectivity index (χ4n) is 6.29. The minimum atomic E-state index is -4.40. The quantitative estimate of drug-likeness (QED) is 0.288. The molecule has 218 valence electrons. The molecule has 4 aromatic rings. The number of ether oxygens (including phenoxy) is 1. The van der Waals surface area contributed by atoms with Crippen LogP contribution in [0.5, 0.6) is 5.75 Å². The number of nitrogens with one attached hydrogen (secondary N) is 1. The number of H-pyrrole nitrogens is 1. The third kappa shape index (κ3) is 6.04. The molecule has 1 atom stereocenters. The third-order valence-electron chi connectivity index (χ3n) is 8.45. The number of hydrogen-bond donors (Lipinski definition) is 1. The van der Waals surface area contributed by atoms with Crippen molar-refractivity contribution >= 4 is 32.0 Å². The van der Waals surface area contributed by atoms with E-state index in [2.05, 4.69) is 19.9 Å². The molecule has 1 aliphatic carbocycles. The summed E-state index contributed by atoms with van der Waals surface area (Å²) in [5, 5.41) is 2.03. The standard InChI is InChI=1S/C29H32F3N5O3S/c30-29(31,32)22-7-9-23(10-8-22)40-16-20-2-1-13-37(15-20)41(38,39)17-19-3-5-21(6-4-19)27-26-24-11-12-33-28(24)34-14-25(26)35-18-36-27/h7-12,14,18-21H,1-6,13,15-17H2,(H,35,36). The van der Waals surface area contributed by atoms with Crippen molar-refractivity contribution < 1.29 is 26.3 Å². The van der Waals surface area contributed by atoms with Gasteiger partial charge in [-0.2, -0.15) is 13.2 Å². The van der Waals surface area contributed by atoms with Crippen molar-refractivity contribution in [3.8, 4) is 5.75 Å². The predicted octanol–water partition coefficient (Wildman–Crippen LogP) is 5.92. The van der Waals surface area contributed by atoms with Crippen molar-refractivity contribution in [2.75, 3.05) is 25.4 Å². The lowest BCUT2D eigenvalue weighted by atomic mass is 9.80. The molecule has 1 aliphatic heterocycles. The van der Waals surface area contributed by atoms with Gasteiger partial charge in [-0.3, -0.25) is 0 Å². The summed E-state index contributed by atoms with van der Waals surface area (Å²) in [4.78, 5) is 16.5. The normalized spacial score (nSPS) is 22.8. The van der Waals surface area contributed by atoms with E-state index in [1.54, 1.807) is 23.0 Å². The van der Waals surface area contributed by atoms with E-state index in [0.29, 0.717) is 24.5 Å². The first-order chi connectivity index (χ1) is 19.7. The Labute approximate surface area is 236 Å². The van der Waals surface area contributed by atoms with E-state index >= 15 is 0 Å². The summed E-state index contributed by atoms with van der Waals surface area (Å²) in [5.41, 5.74) is 1.91. The SMILES string of the molecule is O=S(=O)(CC1CCC(c2[nH]cnc3cnc4nccc4c23)CC1)N1CCCC(COc2ccc(C(F)(F)F)cc2)C1. The molecular formula is C29H32F3N5O3S. The number of alkyl halides is 3. The van der Waals surface area contributed by atoms with Crippen LogP contribution in [0.1, 0.15) is 55.7 Å². The highest BCUT2D eigenvalue weighted by atomic mass is 32.2. The first-order valence-corrected chi connectivity index (χ1v) is 15.6. The second-order valence-electron chi connectivity index (χ2n) is 11.2. The Morgan fingerprint density at radius 1 is 0.976 bits per heavy atom. The minimum absolute atomic E-state index is 0.0101. The Morgan fingerprint density at radius 3 is 2.51 bits per heavy atom. The molecule has 0 radical (unpaired) electrons. The molecule has 41 heavy (non-hydrogen) atoms. The summed E-state index contributed by atoms with van der Waals surface area (Å²) in [7, 11) is -3.44. The Bertz CT molecular complexity index is 1620. The highest BCUT2D eigenvalue weighted by molar-refractivity contribution is 7.89. The molecule has 2 fully saturated rings. The summed E-state index contributed by atoms with van der Waals surface area (Å²) in [6.45, 7) is 1.12. The van der Waals surface area contributed by atoms with Crippen LogP contribution in [0, 0.1) is 11.8 Å². The smallest absolute Gasteiger partial charge is 0.416 e. The lowest BCUT2D eigenvalue weighted by Crippen LogP contribution is -2.43. The fraction of sp³-hybridized carbons (Fsp3) is 0.483. The van der Waals surface area contributed by atoms with E-state index in [-0.39, 0.29) is 30.1 Å². The lowest BCUT2D eigenvalue weighted by Gasteiger charge is -2.34. The minimum Gasteiger partial charge on any atom is -0.493 e. The number of fused-ring (bicyclic) bond motifs is 3. The molecule has 12 heteroatoms. The number of halogens is 3. The van der Waals surface area contributed by atoms with Crippen LogP contribution in [0.15, 0.2) is 49.1 Å². The van der Waals surface area contributed by atoms with Crippen LogP contribution in [-0.2, 0) is 16.2 Å². The zero-order valence-corrected chi connectivity index (χ0v) is 23.3. The number of aromatic amines is 1. The number of rotatable bonds is 7. The Hall–Kier alpha value is -3.25. The first-order valence-electron chi connectivity index (χ1n) is 14.0. The van der Waals surface area contributed by atoms with Gasteiger partial charge in [0, 0.05) is 41.7 Å². The van der Waals surface area contributed by atoms with Crippen molar-refractivity contribution in [1.82, 2.24) is 24.2 Å². The van der Waals surface area contributed by atoms with Gasteiger partial charge in [0.15, 0.2) is 5.65 Å². The van der Waals surface area contributed by atoms with Crippen molar-refractivity contribution in [2.24, 2.45) is 11.8 Å². The second kappa shape index (κ2) is 11.2. The van der Waals surface area contributed by atoms with Gasteiger partial charge in [-0.25, -0.2) is 27.7 Å². The molecule has 2 aliphatic rings. The topological polar surface area (TPSA) is 101 Å². The van der Waals surface area contributed by atoms with Crippen LogP contribution >= 0.6 is 0 Å². The highest BCUT2D eigenvalue weighted by Gasteiger charge is 2.34. The zero-order chi connectivity index (χ0) is 28.6. The number of piperidine rings is 1. The Morgan fingerprint density at radius 2 is 1.76 bits per heavy atom. The highest BCUT2D eigenvalue weighted by Crippen LogP contribution is 2.39. The van der Waals surface area contributed by atoms with E-state index < -0.39 is 21.8 Å². The lowest BCUT2D eigenvalue weighted by molar-refractivity contribution is -0.137. The van der Waals surface area contributed by atoms with Crippen molar-refractivity contribution in [3.05, 3.63) is 60.3 Å². The number of nitrogens with zero attached hydrogens (tertiary/aromatic N) is 4. The number of hydrogen-bond acceptors (Lipinski definition) is 6. The molecule has 1 N–H and O–H groups in total. The molecule has 1 saturated carbocycles. The molecule has 3 aromatic heterocycles. The molecular weight excluding hydrogens is 555 g/mol. The number of sulfonamides is 1. The molecule has 0 bridgehead atoms. The van der Waals surface area contributed by atoms with Crippen LogP contribution in [0.25, 0.3) is 21.9 Å². The summed E-state index contributed by atoms with van der Waals surface area (Å²) in [6, 6.07) is 6.56. The molecule has 0 spiro atoms. The van der Waals surface area contributed by atoms with E-state index in [4.69, 9.17) is 4.74 Å². The van der Waals surface area contributed by atoms with Crippen molar-refractivity contribution in [2.45, 2.75) is 50.6 Å². The number of benzene rings is 1. The second-order valence-corrected chi connectivity index (χ2v) is 13.2. The maximum atomic E-state index is 13.4. The van der Waals surface area contributed by atoms with E-state index in [0.717, 1.165) is 72.6 Å². The van der Waals surface area contributed by atoms with Gasteiger partial charge in [-0.05, 0) is 80.7 Å². The van der Waals surface area contributed by atoms with Crippen LogP contribution < -0.4 is 4.74 Å². The maximum Gasteiger partial charge on any atom is 0.416 e. The Balaban J connectivity index is 1.04. The largest absolute Gasteiger partial charge is 0.493 e. The van der Waals surface area contributed by atoms with Gasteiger partial charge in [-0.15, -0.1) is 0 Å². The van der Waals surface area contributed by atoms with E-state index in [1.165, 1.54) is 12.1 Å². The monoisotopic (exact) mass is 587 g/mol. The van der Waals surface area contributed by atoms with Crippen LogP contribution in [0.4, 0.5) is 13.2 Å². The van der Waals surface area contributed by atoms with Gasteiger partial charge < -0.3 is 9.72 Å². The summed E-state index contributed by atoms with van der Waals surface area (Å²) >= 11 is 0. The molecule has 1 unspecified atom stereocenters. The predicted molar refractivity (Wildman–Crippen MR) is 149 cm³/mol. The van der Waals surface area contributed by atoms with Gasteiger partial charge >= 0.3 is 6.18 Å². The molecule has 6 rings (SSSR count). The van der Waals surface area contributed by atoms with Gasteiger partial charge in [0.25, 0.3) is 0 Å². The van der Waals surface area contributed by atoms with Crippen molar-refractivity contribution in [1.29, 1.82) is 0 Å². The van der Waals surface area contributed by atoms with Gasteiger partial charge in [0.05, 0.1) is 36.0 Å². The first kappa shape index (κ1) is 27.9. The van der Waals surface area contributed by atoms with Crippen molar-refractivity contribution in [3.63, 3.8) is 0 Å². The molecule has 1 saturated heterocycles. The van der Waals surface area contributed by atoms with Gasteiger partial charge in [0.2, 0.25) is 10.0 Å². The van der Waals surface area contributed by atoms with Crippen LogP contribution in [0.2, 0.25) is 0 Å². The molecule has 4 heterocycles. The summed E-state index contributed by atoms with van der Waals surface area (Å²) < 4.78 is 72.5. The summed E-state index contributed by atoms with van der Waals surface area (Å²) in [5.74, 6) is 0.843. The van der Waals surface area contributed by atoms with Gasteiger partial charge in [0.1, 0.15) is 5.75 Å². The molecule has 1 aromatic carbocycles. The summed E-state index contributed by atoms with van der Waals surface area (Å²) in [6.07, 6.45) is 5.78. The Kier molecular flexibility index (Phi) is 7.62. The zero-order valence-electron chi connectivity index (χ0n) is 22.5. The maximum absolute atomic E-state index is 13.4. The number of aromatic nitrogens is 4. The molecule has 0 amide bonds. The fourth-order valence-corrected chi connectivity index (χ4v) is 8.27. The van der Waals surface area contributed by atoms with Gasteiger partial charge in [-0.1, -0.05) is 0 Å². The van der Waals surface area contributed by atoms with Crippen LogP contribution in [-0.4, -0.2) is 58.1 Å². The molecule has 8 nitrogen and oxygen atoms in total.